The Balaban J connectivity index is 1.67. The zero-order chi connectivity index (χ0) is 23.3. The molecule has 2 amide bonds. The van der Waals surface area contributed by atoms with Crippen LogP contribution in [0.3, 0.4) is 0 Å². The number of likely N-dealkylation sites (N-methyl/N-ethyl adjacent to an activating group) is 1. The van der Waals surface area contributed by atoms with Crippen molar-refractivity contribution in [2.75, 3.05) is 26.2 Å². The standard InChI is InChI=1S/C26H28N4O3/c1-3-27-25(32)26(15-21-11-7-8-12-22(21)20-9-5-4-6-10-20)18-30(13-14-33-26)24(31)23-17-28-19(2)16-29-23/h4-12,16-17H,3,13-15,18H2,1-2H3,(H,27,32). The van der Waals surface area contributed by atoms with E-state index in [-0.39, 0.29) is 30.7 Å². The van der Waals surface area contributed by atoms with Crippen molar-refractivity contribution in [1.82, 2.24) is 20.2 Å². The highest BCUT2D eigenvalue weighted by Gasteiger charge is 2.45. The third kappa shape index (κ3) is 4.93. The Morgan fingerprint density at radius 1 is 1.06 bits per heavy atom. The minimum absolute atomic E-state index is 0.135. The van der Waals surface area contributed by atoms with E-state index in [1.807, 2.05) is 68.4 Å². The first-order valence-corrected chi connectivity index (χ1v) is 11.2. The number of aromatic nitrogens is 2. The molecule has 7 nitrogen and oxygen atoms in total. The number of rotatable bonds is 6. The summed E-state index contributed by atoms with van der Waals surface area (Å²) in [7, 11) is 0. The van der Waals surface area contributed by atoms with E-state index in [2.05, 4.69) is 15.3 Å². The third-order valence-electron chi connectivity index (χ3n) is 5.80. The van der Waals surface area contributed by atoms with Crippen LogP contribution >= 0.6 is 0 Å². The Kier molecular flexibility index (Phi) is 6.79. The Hall–Kier alpha value is -3.58. The van der Waals surface area contributed by atoms with Crippen LogP contribution in [-0.2, 0) is 16.0 Å². The maximum atomic E-state index is 13.3. The van der Waals surface area contributed by atoms with E-state index in [0.29, 0.717) is 19.5 Å². The van der Waals surface area contributed by atoms with Crippen molar-refractivity contribution < 1.29 is 14.3 Å². The Labute approximate surface area is 193 Å². The molecule has 0 radical (unpaired) electrons. The molecule has 2 heterocycles. The SMILES string of the molecule is CCNC(=O)C1(Cc2ccccc2-c2ccccc2)CN(C(=O)c2cnc(C)cn2)CCO1. The van der Waals surface area contributed by atoms with Crippen LogP contribution in [-0.4, -0.2) is 58.5 Å². The summed E-state index contributed by atoms with van der Waals surface area (Å²) in [5.41, 5.74) is 2.89. The van der Waals surface area contributed by atoms with E-state index in [4.69, 9.17) is 4.74 Å². The van der Waals surface area contributed by atoms with Gasteiger partial charge in [0.2, 0.25) is 0 Å². The van der Waals surface area contributed by atoms with E-state index in [1.165, 1.54) is 6.20 Å². The van der Waals surface area contributed by atoms with Crippen LogP contribution in [0.4, 0.5) is 0 Å². The van der Waals surface area contributed by atoms with Gasteiger partial charge in [0.1, 0.15) is 5.69 Å². The number of amides is 2. The molecular weight excluding hydrogens is 416 g/mol. The largest absolute Gasteiger partial charge is 0.361 e. The molecular formula is C26H28N4O3. The van der Waals surface area contributed by atoms with Gasteiger partial charge in [-0.05, 0) is 30.5 Å². The number of nitrogens with zero attached hydrogens (tertiary/aromatic N) is 3. The number of hydrogen-bond acceptors (Lipinski definition) is 5. The lowest BCUT2D eigenvalue weighted by Crippen LogP contribution is -2.62. The van der Waals surface area contributed by atoms with Gasteiger partial charge in [0.15, 0.2) is 5.60 Å². The van der Waals surface area contributed by atoms with Crippen LogP contribution in [0, 0.1) is 6.92 Å². The Morgan fingerprint density at radius 3 is 2.55 bits per heavy atom. The molecule has 3 aromatic rings. The number of aryl methyl sites for hydroxylation is 1. The minimum Gasteiger partial charge on any atom is -0.361 e. The van der Waals surface area contributed by atoms with Crippen molar-refractivity contribution in [2.24, 2.45) is 0 Å². The zero-order valence-corrected chi connectivity index (χ0v) is 19.0. The van der Waals surface area contributed by atoms with Crippen molar-refractivity contribution in [3.63, 3.8) is 0 Å². The quantitative estimate of drug-likeness (QED) is 0.632. The predicted octanol–water partition coefficient (Wildman–Crippen LogP) is 3.04. The zero-order valence-electron chi connectivity index (χ0n) is 19.0. The van der Waals surface area contributed by atoms with Crippen molar-refractivity contribution >= 4 is 11.8 Å². The van der Waals surface area contributed by atoms with Crippen LogP contribution in [0.25, 0.3) is 11.1 Å². The molecule has 0 aliphatic carbocycles. The van der Waals surface area contributed by atoms with Crippen LogP contribution < -0.4 is 5.32 Å². The van der Waals surface area contributed by atoms with Gasteiger partial charge in [0.25, 0.3) is 11.8 Å². The first kappa shape index (κ1) is 22.6. The molecule has 170 valence electrons. The van der Waals surface area contributed by atoms with E-state index < -0.39 is 5.60 Å². The second kappa shape index (κ2) is 9.92. The molecule has 1 aromatic heterocycles. The fourth-order valence-electron chi connectivity index (χ4n) is 4.15. The normalized spacial score (nSPS) is 18.1. The molecule has 1 atom stereocenters. The molecule has 1 aliphatic heterocycles. The lowest BCUT2D eigenvalue weighted by atomic mass is 9.87. The molecule has 0 bridgehead atoms. The van der Waals surface area contributed by atoms with Crippen LogP contribution in [0.5, 0.6) is 0 Å². The predicted molar refractivity (Wildman–Crippen MR) is 126 cm³/mol. The van der Waals surface area contributed by atoms with Crippen molar-refractivity contribution in [3.05, 3.63) is 83.9 Å². The average Bonchev–Trinajstić information content (AvgIpc) is 2.85. The topological polar surface area (TPSA) is 84.4 Å². The number of hydrogen-bond donors (Lipinski definition) is 1. The minimum atomic E-state index is -1.20. The molecule has 1 unspecified atom stereocenters. The summed E-state index contributed by atoms with van der Waals surface area (Å²) in [5.74, 6) is -0.476. The molecule has 1 saturated heterocycles. The monoisotopic (exact) mass is 444 g/mol. The van der Waals surface area contributed by atoms with Gasteiger partial charge >= 0.3 is 0 Å². The lowest BCUT2D eigenvalue weighted by molar-refractivity contribution is -0.157. The first-order chi connectivity index (χ1) is 16.0. The molecule has 7 heteroatoms. The van der Waals surface area contributed by atoms with E-state index in [1.54, 1.807) is 11.1 Å². The number of carbonyl (C=O) groups is 2. The highest BCUT2D eigenvalue weighted by Crippen LogP contribution is 2.30. The van der Waals surface area contributed by atoms with Crippen molar-refractivity contribution in [1.29, 1.82) is 0 Å². The maximum absolute atomic E-state index is 13.3. The van der Waals surface area contributed by atoms with Gasteiger partial charge in [-0.3, -0.25) is 14.6 Å². The number of morpholine rings is 1. The van der Waals surface area contributed by atoms with Gasteiger partial charge in [-0.15, -0.1) is 0 Å². The smallest absolute Gasteiger partial charge is 0.274 e. The molecule has 0 saturated carbocycles. The Morgan fingerprint density at radius 2 is 1.82 bits per heavy atom. The highest BCUT2D eigenvalue weighted by molar-refractivity contribution is 5.93. The van der Waals surface area contributed by atoms with E-state index in [9.17, 15) is 9.59 Å². The second-order valence-electron chi connectivity index (χ2n) is 8.17. The second-order valence-corrected chi connectivity index (χ2v) is 8.17. The number of carbonyl (C=O) groups excluding carboxylic acids is 2. The molecule has 1 fully saturated rings. The first-order valence-electron chi connectivity index (χ1n) is 11.2. The van der Waals surface area contributed by atoms with E-state index >= 15 is 0 Å². The highest BCUT2D eigenvalue weighted by atomic mass is 16.5. The summed E-state index contributed by atoms with van der Waals surface area (Å²) in [6.07, 6.45) is 3.39. The fourth-order valence-corrected chi connectivity index (χ4v) is 4.15. The lowest BCUT2D eigenvalue weighted by Gasteiger charge is -2.41. The van der Waals surface area contributed by atoms with Crippen molar-refractivity contribution in [3.8, 4) is 11.1 Å². The van der Waals surface area contributed by atoms with Gasteiger partial charge in [-0.1, -0.05) is 54.6 Å². The van der Waals surface area contributed by atoms with Gasteiger partial charge in [0.05, 0.1) is 25.0 Å². The van der Waals surface area contributed by atoms with Crippen LogP contribution in [0.2, 0.25) is 0 Å². The fraction of sp³-hybridized carbons (Fsp3) is 0.308. The summed E-state index contributed by atoms with van der Waals surface area (Å²) >= 11 is 0. The maximum Gasteiger partial charge on any atom is 0.274 e. The number of benzene rings is 2. The van der Waals surface area contributed by atoms with Gasteiger partial charge in [0, 0.05) is 25.7 Å². The third-order valence-corrected chi connectivity index (χ3v) is 5.80. The molecule has 4 rings (SSSR count). The van der Waals surface area contributed by atoms with Crippen LogP contribution in [0.15, 0.2) is 67.0 Å². The van der Waals surface area contributed by atoms with Crippen LogP contribution in [0.1, 0.15) is 28.7 Å². The van der Waals surface area contributed by atoms with Crippen molar-refractivity contribution in [2.45, 2.75) is 25.9 Å². The molecule has 1 aliphatic rings. The van der Waals surface area contributed by atoms with Gasteiger partial charge in [-0.25, -0.2) is 4.98 Å². The summed E-state index contributed by atoms with van der Waals surface area (Å²) in [5, 5.41) is 2.91. The number of ether oxygens (including phenoxy) is 1. The Bertz CT molecular complexity index is 1120. The molecule has 1 N–H and O–H groups in total. The van der Waals surface area contributed by atoms with Gasteiger partial charge < -0.3 is 15.0 Å². The average molecular weight is 445 g/mol. The molecule has 2 aromatic carbocycles. The summed E-state index contributed by atoms with van der Waals surface area (Å²) in [4.78, 5) is 36.5. The summed E-state index contributed by atoms with van der Waals surface area (Å²) < 4.78 is 6.17. The van der Waals surface area contributed by atoms with E-state index in [0.717, 1.165) is 22.4 Å². The van der Waals surface area contributed by atoms with Gasteiger partial charge in [-0.2, -0.15) is 0 Å². The summed E-state index contributed by atoms with van der Waals surface area (Å²) in [6.45, 7) is 4.95. The molecule has 0 spiro atoms. The number of nitrogens with one attached hydrogen (secondary N) is 1. The summed E-state index contributed by atoms with van der Waals surface area (Å²) in [6, 6.07) is 18.1. The molecule has 33 heavy (non-hydrogen) atoms.